The summed E-state index contributed by atoms with van der Waals surface area (Å²) in [5.41, 5.74) is 0.867. The highest BCUT2D eigenvalue weighted by Crippen LogP contribution is 2.26. The lowest BCUT2D eigenvalue weighted by Crippen LogP contribution is -2.33. The van der Waals surface area contributed by atoms with E-state index in [9.17, 15) is 0 Å². The van der Waals surface area contributed by atoms with Crippen molar-refractivity contribution in [2.45, 2.75) is 18.9 Å². The zero-order chi connectivity index (χ0) is 14.2. The molecule has 0 heterocycles. The van der Waals surface area contributed by atoms with Crippen LogP contribution < -0.4 is 4.74 Å². The van der Waals surface area contributed by atoms with E-state index in [2.05, 4.69) is 16.7 Å². The first-order chi connectivity index (χ1) is 9.83. The molecule has 4 heteroatoms. The van der Waals surface area contributed by atoms with E-state index in [1.165, 1.54) is 12.8 Å². The van der Waals surface area contributed by atoms with E-state index in [4.69, 9.17) is 14.9 Å². The fourth-order valence-electron chi connectivity index (χ4n) is 2.10. The van der Waals surface area contributed by atoms with Gasteiger partial charge in [0.15, 0.2) is 0 Å². The van der Waals surface area contributed by atoms with Gasteiger partial charge in [0.1, 0.15) is 19.0 Å². The smallest absolute Gasteiger partial charge is 0.119 e. The Bertz CT molecular complexity index is 457. The number of rotatable bonds is 7. The molecule has 20 heavy (non-hydrogen) atoms. The standard InChI is InChI=1S/C16H21NO3/c18-11-1-2-14-3-7-16(8-4-14)20-13-10-17(9-12-19)15-5-6-15/h3-4,7-8,15,18-19H,5-6,9-13H2. The van der Waals surface area contributed by atoms with Crippen molar-refractivity contribution in [2.75, 3.05) is 32.9 Å². The minimum absolute atomic E-state index is 0.125. The Morgan fingerprint density at radius 1 is 1.15 bits per heavy atom. The van der Waals surface area contributed by atoms with Crippen LogP contribution in [0.25, 0.3) is 0 Å². The Hall–Kier alpha value is -1.54. The maximum absolute atomic E-state index is 9.02. The molecule has 0 unspecified atom stereocenters. The zero-order valence-corrected chi connectivity index (χ0v) is 11.6. The van der Waals surface area contributed by atoms with Crippen LogP contribution in [-0.2, 0) is 0 Å². The molecule has 0 spiro atoms. The molecular weight excluding hydrogens is 254 g/mol. The number of ether oxygens (including phenoxy) is 1. The van der Waals surface area contributed by atoms with Crippen LogP contribution in [0.4, 0.5) is 0 Å². The zero-order valence-electron chi connectivity index (χ0n) is 11.6. The molecule has 1 aliphatic carbocycles. The number of hydrogen-bond acceptors (Lipinski definition) is 4. The van der Waals surface area contributed by atoms with Crippen LogP contribution in [0.1, 0.15) is 18.4 Å². The Morgan fingerprint density at radius 3 is 2.50 bits per heavy atom. The summed E-state index contributed by atoms with van der Waals surface area (Å²) in [6.07, 6.45) is 2.47. The SMILES string of the molecule is OCC#Cc1ccc(OCCN(CCO)C2CC2)cc1. The Morgan fingerprint density at radius 2 is 1.90 bits per heavy atom. The quantitative estimate of drug-likeness (QED) is 0.725. The topological polar surface area (TPSA) is 52.9 Å². The number of aliphatic hydroxyl groups excluding tert-OH is 2. The normalized spacial score (nSPS) is 13.9. The van der Waals surface area contributed by atoms with Crippen molar-refractivity contribution < 1.29 is 14.9 Å². The second-order valence-electron chi connectivity index (χ2n) is 4.82. The number of benzene rings is 1. The summed E-state index contributed by atoms with van der Waals surface area (Å²) >= 11 is 0. The lowest BCUT2D eigenvalue weighted by atomic mass is 10.2. The molecule has 1 aromatic carbocycles. The van der Waals surface area contributed by atoms with Gasteiger partial charge in [0.2, 0.25) is 0 Å². The Kier molecular flexibility index (Phi) is 5.87. The van der Waals surface area contributed by atoms with E-state index in [1.54, 1.807) is 0 Å². The molecule has 2 N–H and O–H groups in total. The molecule has 1 aliphatic rings. The van der Waals surface area contributed by atoms with Gasteiger partial charge in [-0.25, -0.2) is 0 Å². The summed E-state index contributed by atoms with van der Waals surface area (Å²) in [7, 11) is 0. The van der Waals surface area contributed by atoms with Crippen LogP contribution in [0.2, 0.25) is 0 Å². The fraction of sp³-hybridized carbons (Fsp3) is 0.500. The van der Waals surface area contributed by atoms with Crippen LogP contribution >= 0.6 is 0 Å². The highest BCUT2D eigenvalue weighted by Gasteiger charge is 2.28. The molecule has 0 atom stereocenters. The highest BCUT2D eigenvalue weighted by atomic mass is 16.5. The first kappa shape index (κ1) is 14.9. The second kappa shape index (κ2) is 7.91. The van der Waals surface area contributed by atoms with Gasteiger partial charge in [-0.1, -0.05) is 11.8 Å². The summed E-state index contributed by atoms with van der Waals surface area (Å²) in [6, 6.07) is 8.17. The van der Waals surface area contributed by atoms with Gasteiger partial charge in [-0.05, 0) is 37.1 Å². The average molecular weight is 275 g/mol. The van der Waals surface area contributed by atoms with Gasteiger partial charge in [0.25, 0.3) is 0 Å². The van der Waals surface area contributed by atoms with E-state index in [-0.39, 0.29) is 13.2 Å². The average Bonchev–Trinajstić information content (AvgIpc) is 3.30. The third-order valence-corrected chi connectivity index (χ3v) is 3.26. The van der Waals surface area contributed by atoms with Crippen molar-refractivity contribution in [3.05, 3.63) is 29.8 Å². The maximum Gasteiger partial charge on any atom is 0.119 e. The van der Waals surface area contributed by atoms with Crippen LogP contribution in [0.15, 0.2) is 24.3 Å². The molecule has 0 bridgehead atoms. The number of nitrogens with zero attached hydrogens (tertiary/aromatic N) is 1. The lowest BCUT2D eigenvalue weighted by Gasteiger charge is -2.20. The third-order valence-electron chi connectivity index (χ3n) is 3.26. The van der Waals surface area contributed by atoms with E-state index in [0.29, 0.717) is 12.6 Å². The predicted molar refractivity (Wildman–Crippen MR) is 77.6 cm³/mol. The fourth-order valence-corrected chi connectivity index (χ4v) is 2.10. The molecule has 1 fully saturated rings. The van der Waals surface area contributed by atoms with E-state index >= 15 is 0 Å². The molecule has 0 amide bonds. The molecule has 0 radical (unpaired) electrons. The number of aliphatic hydroxyl groups is 2. The summed E-state index contributed by atoms with van der Waals surface area (Å²) in [5.74, 6) is 6.27. The molecule has 4 nitrogen and oxygen atoms in total. The van der Waals surface area contributed by atoms with Crippen molar-refractivity contribution in [3.63, 3.8) is 0 Å². The van der Waals surface area contributed by atoms with E-state index in [0.717, 1.165) is 24.4 Å². The Labute approximate surface area is 120 Å². The van der Waals surface area contributed by atoms with Gasteiger partial charge in [-0.3, -0.25) is 4.90 Å². The molecule has 0 aliphatic heterocycles. The predicted octanol–water partition coefficient (Wildman–Crippen LogP) is 0.866. The largest absolute Gasteiger partial charge is 0.492 e. The summed E-state index contributed by atoms with van der Waals surface area (Å²) < 4.78 is 5.70. The van der Waals surface area contributed by atoms with Gasteiger partial charge < -0.3 is 14.9 Å². The van der Waals surface area contributed by atoms with Crippen LogP contribution in [0.5, 0.6) is 5.75 Å². The maximum atomic E-state index is 9.02. The van der Waals surface area contributed by atoms with Gasteiger partial charge in [0.05, 0.1) is 6.61 Å². The molecule has 0 saturated heterocycles. The highest BCUT2D eigenvalue weighted by molar-refractivity contribution is 5.38. The lowest BCUT2D eigenvalue weighted by molar-refractivity contribution is 0.162. The second-order valence-corrected chi connectivity index (χ2v) is 4.82. The van der Waals surface area contributed by atoms with Crippen molar-refractivity contribution in [2.24, 2.45) is 0 Å². The van der Waals surface area contributed by atoms with E-state index in [1.807, 2.05) is 24.3 Å². The van der Waals surface area contributed by atoms with Crippen LogP contribution in [-0.4, -0.2) is 54.1 Å². The van der Waals surface area contributed by atoms with Crippen molar-refractivity contribution in [3.8, 4) is 17.6 Å². The van der Waals surface area contributed by atoms with Gasteiger partial charge in [-0.2, -0.15) is 0 Å². The summed E-state index contributed by atoms with van der Waals surface area (Å²) in [4.78, 5) is 2.28. The molecular formula is C16H21NO3. The minimum atomic E-state index is -0.125. The van der Waals surface area contributed by atoms with Crippen molar-refractivity contribution in [1.82, 2.24) is 4.90 Å². The molecule has 1 aromatic rings. The summed E-state index contributed by atoms with van der Waals surface area (Å²) in [6.45, 7) is 2.27. The van der Waals surface area contributed by atoms with Gasteiger partial charge >= 0.3 is 0 Å². The molecule has 108 valence electrons. The van der Waals surface area contributed by atoms with Crippen molar-refractivity contribution in [1.29, 1.82) is 0 Å². The van der Waals surface area contributed by atoms with Gasteiger partial charge in [0, 0.05) is 24.7 Å². The van der Waals surface area contributed by atoms with Crippen molar-refractivity contribution >= 4 is 0 Å². The monoisotopic (exact) mass is 275 g/mol. The summed E-state index contributed by atoms with van der Waals surface area (Å²) in [5, 5.41) is 17.6. The van der Waals surface area contributed by atoms with Gasteiger partial charge in [-0.15, -0.1) is 0 Å². The third kappa shape index (κ3) is 4.86. The molecule has 0 aromatic heterocycles. The first-order valence-corrected chi connectivity index (χ1v) is 7.01. The van der Waals surface area contributed by atoms with Crippen LogP contribution in [0, 0.1) is 11.8 Å². The van der Waals surface area contributed by atoms with Crippen LogP contribution in [0.3, 0.4) is 0 Å². The van der Waals surface area contributed by atoms with E-state index < -0.39 is 0 Å². The molecule has 1 saturated carbocycles. The minimum Gasteiger partial charge on any atom is -0.492 e. The molecule has 2 rings (SSSR count). The first-order valence-electron chi connectivity index (χ1n) is 7.01. The Balaban J connectivity index is 1.75. The number of hydrogen-bond donors (Lipinski definition) is 2.